The van der Waals surface area contributed by atoms with Gasteiger partial charge in [0.2, 0.25) is 0 Å². The third-order valence-electron chi connectivity index (χ3n) is 8.62. The first-order valence-electron chi connectivity index (χ1n) is 12.4. The van der Waals surface area contributed by atoms with E-state index in [4.69, 9.17) is 0 Å². The highest BCUT2D eigenvalue weighted by atomic mass is 16.1. The molecule has 5 heteroatoms. The maximum Gasteiger partial charge on any atom is 0.164 e. The molecule has 2 fully saturated rings. The molecule has 1 aromatic rings. The van der Waals surface area contributed by atoms with Crippen LogP contribution >= 0.6 is 0 Å². The Labute approximate surface area is 191 Å². The molecular weight excluding hydrogens is 396 g/mol. The van der Waals surface area contributed by atoms with Crippen LogP contribution in [0.2, 0.25) is 0 Å². The van der Waals surface area contributed by atoms with E-state index in [-0.39, 0.29) is 17.4 Å². The van der Waals surface area contributed by atoms with Gasteiger partial charge in [-0.15, -0.1) is 0 Å². The van der Waals surface area contributed by atoms with Gasteiger partial charge in [0.15, 0.2) is 11.9 Å². The molecule has 4 atom stereocenters. The number of benzene rings is 1. The Hall–Kier alpha value is -2.43. The van der Waals surface area contributed by atoms with Crippen LogP contribution in [-0.2, 0) is 10.2 Å². The molecule has 1 N–H and O–H groups in total. The molecule has 168 valence electrons. The predicted molar refractivity (Wildman–Crippen MR) is 126 cm³/mol. The van der Waals surface area contributed by atoms with Gasteiger partial charge in [-0.3, -0.25) is 4.79 Å². The molecule has 2 aliphatic carbocycles. The zero-order valence-corrected chi connectivity index (χ0v) is 19.5. The molecule has 5 nitrogen and oxygen atoms in total. The highest BCUT2D eigenvalue weighted by Gasteiger charge is 2.53. The lowest BCUT2D eigenvalue weighted by atomic mass is 9.59. The van der Waals surface area contributed by atoms with Gasteiger partial charge in [0, 0.05) is 42.0 Å². The molecule has 32 heavy (non-hydrogen) atoms. The molecule has 0 amide bonds. The molecule has 5 aliphatic rings. The minimum Gasteiger partial charge on any atom is -0.371 e. The number of hydrogen-bond acceptors (Lipinski definition) is 5. The summed E-state index contributed by atoms with van der Waals surface area (Å²) in [6.45, 7) is 8.93. The van der Waals surface area contributed by atoms with Crippen LogP contribution in [0.4, 0.5) is 5.69 Å². The van der Waals surface area contributed by atoms with Crippen molar-refractivity contribution in [3.63, 3.8) is 0 Å². The number of anilines is 1. The number of ketones is 1. The van der Waals surface area contributed by atoms with Gasteiger partial charge in [0.1, 0.15) is 0 Å². The van der Waals surface area contributed by atoms with Crippen molar-refractivity contribution in [3.8, 4) is 0 Å². The third kappa shape index (κ3) is 2.93. The molecule has 3 heterocycles. The number of carbonyl (C=O) groups excluding carboxylic acids is 1. The normalized spacial score (nSPS) is 34.8. The van der Waals surface area contributed by atoms with Gasteiger partial charge >= 0.3 is 0 Å². The second-order valence-corrected chi connectivity index (χ2v) is 11.4. The summed E-state index contributed by atoms with van der Waals surface area (Å²) in [5.74, 6) is 1.96. The minimum atomic E-state index is -0.451. The van der Waals surface area contributed by atoms with E-state index in [1.807, 2.05) is 6.20 Å². The van der Waals surface area contributed by atoms with Crippen molar-refractivity contribution in [2.75, 3.05) is 18.0 Å². The first kappa shape index (κ1) is 20.2. The number of fused-ring (bicyclic) bond motifs is 3. The number of rotatable bonds is 3. The lowest BCUT2D eigenvalue weighted by Gasteiger charge is -2.48. The van der Waals surface area contributed by atoms with Gasteiger partial charge in [0.05, 0.1) is 11.6 Å². The van der Waals surface area contributed by atoms with Crippen LogP contribution in [0.1, 0.15) is 64.9 Å². The highest BCUT2D eigenvalue weighted by molar-refractivity contribution is 6.01. The monoisotopic (exact) mass is 430 g/mol. The molecule has 4 unspecified atom stereocenters. The maximum atomic E-state index is 13.7. The maximum absolute atomic E-state index is 13.7. The average molecular weight is 431 g/mol. The van der Waals surface area contributed by atoms with Crippen molar-refractivity contribution in [1.29, 1.82) is 0 Å². The van der Waals surface area contributed by atoms with Crippen molar-refractivity contribution in [3.05, 3.63) is 52.9 Å². The molecule has 1 saturated carbocycles. The number of nitrogens with zero attached hydrogens (tertiary/aromatic N) is 3. The Kier molecular flexibility index (Phi) is 4.44. The molecule has 0 radical (unpaired) electrons. The van der Waals surface area contributed by atoms with E-state index in [0.29, 0.717) is 6.42 Å². The van der Waals surface area contributed by atoms with Crippen LogP contribution in [0.15, 0.2) is 57.5 Å². The molecule has 0 spiro atoms. The number of nitrogens with one attached hydrogen (secondary N) is 1. The lowest BCUT2D eigenvalue weighted by molar-refractivity contribution is -0.119. The molecular formula is C27H34N4O. The molecule has 6 rings (SSSR count). The van der Waals surface area contributed by atoms with Gasteiger partial charge in [-0.05, 0) is 67.1 Å². The van der Waals surface area contributed by atoms with E-state index in [2.05, 4.69) is 65.5 Å². The first-order valence-corrected chi connectivity index (χ1v) is 12.4. The van der Waals surface area contributed by atoms with Gasteiger partial charge < -0.3 is 10.2 Å². The SMILES string of the molecule is CCC1(c2cccc(N3CC4CCC(C4)C3)c2)C2=CN=NC2NC2=C1C(=O)CC(C)(C)C2. The van der Waals surface area contributed by atoms with Crippen molar-refractivity contribution in [2.45, 2.75) is 70.9 Å². The topological polar surface area (TPSA) is 57.1 Å². The van der Waals surface area contributed by atoms with Crippen molar-refractivity contribution < 1.29 is 4.79 Å². The number of Topliss-reactive ketones (excluding diaryl/α,β-unsaturated/α-hetero) is 1. The van der Waals surface area contributed by atoms with Crippen LogP contribution < -0.4 is 10.2 Å². The van der Waals surface area contributed by atoms with E-state index >= 15 is 0 Å². The van der Waals surface area contributed by atoms with Crippen molar-refractivity contribution in [2.24, 2.45) is 27.5 Å². The molecule has 2 bridgehead atoms. The van der Waals surface area contributed by atoms with E-state index in [9.17, 15) is 4.79 Å². The summed E-state index contributed by atoms with van der Waals surface area (Å²) in [6, 6.07) is 9.05. The summed E-state index contributed by atoms with van der Waals surface area (Å²) < 4.78 is 0. The van der Waals surface area contributed by atoms with Crippen LogP contribution in [0, 0.1) is 17.3 Å². The van der Waals surface area contributed by atoms with E-state index < -0.39 is 5.41 Å². The number of azo groups is 1. The van der Waals surface area contributed by atoms with Crippen LogP contribution in [0.3, 0.4) is 0 Å². The summed E-state index contributed by atoms with van der Waals surface area (Å²) >= 11 is 0. The smallest absolute Gasteiger partial charge is 0.164 e. The van der Waals surface area contributed by atoms with Gasteiger partial charge in [-0.25, -0.2) is 0 Å². The summed E-state index contributed by atoms with van der Waals surface area (Å²) in [5, 5.41) is 12.4. The zero-order valence-electron chi connectivity index (χ0n) is 19.5. The Bertz CT molecular complexity index is 1060. The average Bonchev–Trinajstić information content (AvgIpc) is 3.37. The first-order chi connectivity index (χ1) is 15.4. The zero-order chi connectivity index (χ0) is 22.1. The van der Waals surface area contributed by atoms with E-state index in [0.717, 1.165) is 54.6 Å². The van der Waals surface area contributed by atoms with Gasteiger partial charge in [-0.2, -0.15) is 10.2 Å². The number of allylic oxidation sites excluding steroid dienone is 2. The van der Waals surface area contributed by atoms with Crippen molar-refractivity contribution >= 4 is 11.5 Å². The van der Waals surface area contributed by atoms with Gasteiger partial charge in [0.25, 0.3) is 0 Å². The molecule has 0 aromatic heterocycles. The number of piperidine rings is 1. The van der Waals surface area contributed by atoms with Crippen LogP contribution in [0.25, 0.3) is 0 Å². The third-order valence-corrected chi connectivity index (χ3v) is 8.62. The highest BCUT2D eigenvalue weighted by Crippen LogP contribution is 2.54. The van der Waals surface area contributed by atoms with Crippen LogP contribution in [-0.4, -0.2) is 25.0 Å². The quantitative estimate of drug-likeness (QED) is 0.689. The standard InChI is InChI=1S/C27H34N4O/c1-4-27(19-6-5-7-20(11-19)31-15-17-8-9-18(10-17)16-31)21-14-28-30-25(21)29-22-12-26(2,3)13-23(32)24(22)27/h5-7,11,14,17-18,25,29H,4,8-10,12-13,15-16H2,1-3H3. The summed E-state index contributed by atoms with van der Waals surface area (Å²) in [7, 11) is 0. The lowest BCUT2D eigenvalue weighted by Crippen LogP contribution is -2.51. The second kappa shape index (κ2) is 7.03. The van der Waals surface area contributed by atoms with Gasteiger partial charge in [-0.1, -0.05) is 32.9 Å². The Balaban J connectivity index is 1.48. The van der Waals surface area contributed by atoms with Crippen molar-refractivity contribution in [1.82, 2.24) is 5.32 Å². The van der Waals surface area contributed by atoms with Crippen LogP contribution in [0.5, 0.6) is 0 Å². The summed E-state index contributed by atoms with van der Waals surface area (Å²) in [6.07, 6.45) is 8.21. The Morgan fingerprint density at radius 1 is 1.16 bits per heavy atom. The summed E-state index contributed by atoms with van der Waals surface area (Å²) in [5.41, 5.74) is 5.22. The molecule has 1 saturated heterocycles. The largest absolute Gasteiger partial charge is 0.371 e. The Morgan fingerprint density at radius 2 is 1.94 bits per heavy atom. The fourth-order valence-corrected chi connectivity index (χ4v) is 7.28. The predicted octanol–water partition coefficient (Wildman–Crippen LogP) is 5.49. The minimum absolute atomic E-state index is 0.0334. The summed E-state index contributed by atoms with van der Waals surface area (Å²) in [4.78, 5) is 16.3. The van der Waals surface area contributed by atoms with E-state index in [1.165, 1.54) is 30.5 Å². The fraction of sp³-hybridized carbons (Fsp3) is 0.593. The molecule has 3 aliphatic heterocycles. The Morgan fingerprint density at radius 3 is 2.69 bits per heavy atom. The number of carbonyl (C=O) groups is 1. The number of hydrogen-bond donors (Lipinski definition) is 1. The van der Waals surface area contributed by atoms with E-state index in [1.54, 1.807) is 0 Å². The fourth-order valence-electron chi connectivity index (χ4n) is 7.28. The second-order valence-electron chi connectivity index (χ2n) is 11.4. The molecule has 1 aromatic carbocycles.